The summed E-state index contributed by atoms with van der Waals surface area (Å²) < 4.78 is 6.66. The van der Waals surface area contributed by atoms with Crippen LogP contribution in [0.5, 0.6) is 5.75 Å². The second kappa shape index (κ2) is 5.43. The molecular weight excluding hydrogens is 288 g/mol. The second-order valence-electron chi connectivity index (χ2n) is 3.21. The predicted molar refractivity (Wildman–Crippen MR) is 68.5 cm³/mol. The summed E-state index contributed by atoms with van der Waals surface area (Å²) in [5.41, 5.74) is 8.46. The molecule has 2 N–H and O–H groups in total. The van der Waals surface area contributed by atoms with Gasteiger partial charge in [-0.25, -0.2) is 0 Å². The lowest BCUT2D eigenvalue weighted by Crippen LogP contribution is -1.99. The summed E-state index contributed by atoms with van der Waals surface area (Å²) in [6.07, 6.45) is 1.81. The first-order valence-electron chi connectivity index (χ1n) is 4.78. The van der Waals surface area contributed by atoms with E-state index in [4.69, 9.17) is 10.5 Å². The molecule has 0 spiro atoms. The van der Waals surface area contributed by atoms with Crippen LogP contribution in [0.25, 0.3) is 0 Å². The molecule has 5 heteroatoms. The van der Waals surface area contributed by atoms with Gasteiger partial charge in [-0.05, 0) is 23.8 Å². The van der Waals surface area contributed by atoms with E-state index < -0.39 is 0 Å². The number of halogens is 1. The fraction of sp³-hybridized carbons (Fsp3) is 0.182. The van der Waals surface area contributed by atoms with E-state index in [1.807, 2.05) is 24.4 Å². The number of hydrogen-bond acceptors (Lipinski definition) is 4. The minimum atomic E-state index is 0.498. The van der Waals surface area contributed by atoms with Crippen molar-refractivity contribution < 1.29 is 4.74 Å². The highest BCUT2D eigenvalue weighted by Gasteiger charge is 2.02. The Morgan fingerprint density at radius 2 is 2.31 bits per heavy atom. The first-order valence-corrected chi connectivity index (χ1v) is 6.45. The van der Waals surface area contributed by atoms with Crippen LogP contribution in [0, 0.1) is 0 Å². The van der Waals surface area contributed by atoms with E-state index in [-0.39, 0.29) is 0 Å². The summed E-state index contributed by atoms with van der Waals surface area (Å²) in [6.45, 7) is 1.05. The molecule has 0 atom stereocenters. The number of ether oxygens (including phenoxy) is 1. The molecule has 2 rings (SSSR count). The number of thiazole rings is 1. The van der Waals surface area contributed by atoms with Gasteiger partial charge in [0.2, 0.25) is 0 Å². The first-order chi connectivity index (χ1) is 7.79. The Kier molecular flexibility index (Phi) is 3.93. The third-order valence-electron chi connectivity index (χ3n) is 2.10. The SMILES string of the molecule is NCc1cc(OCc2cncs2)ccc1Br. The summed E-state index contributed by atoms with van der Waals surface area (Å²) >= 11 is 5.02. The highest BCUT2D eigenvalue weighted by molar-refractivity contribution is 9.10. The van der Waals surface area contributed by atoms with Crippen LogP contribution in [0.1, 0.15) is 10.4 Å². The minimum absolute atomic E-state index is 0.498. The molecule has 0 saturated heterocycles. The molecule has 16 heavy (non-hydrogen) atoms. The summed E-state index contributed by atoms with van der Waals surface area (Å²) in [4.78, 5) is 5.10. The number of nitrogens with zero attached hydrogens (tertiary/aromatic N) is 1. The van der Waals surface area contributed by atoms with Gasteiger partial charge in [-0.2, -0.15) is 0 Å². The van der Waals surface area contributed by atoms with Crippen molar-refractivity contribution in [3.05, 3.63) is 44.8 Å². The van der Waals surface area contributed by atoms with Gasteiger partial charge in [0.25, 0.3) is 0 Å². The molecule has 84 valence electrons. The lowest BCUT2D eigenvalue weighted by Gasteiger charge is -2.07. The molecular formula is C11H11BrN2OS. The van der Waals surface area contributed by atoms with Gasteiger partial charge < -0.3 is 10.5 Å². The van der Waals surface area contributed by atoms with E-state index >= 15 is 0 Å². The fourth-order valence-electron chi connectivity index (χ4n) is 1.27. The average Bonchev–Trinajstić information content (AvgIpc) is 2.81. The first kappa shape index (κ1) is 11.6. The van der Waals surface area contributed by atoms with Crippen LogP contribution in [0.3, 0.4) is 0 Å². The highest BCUT2D eigenvalue weighted by Crippen LogP contribution is 2.23. The molecule has 0 aliphatic rings. The van der Waals surface area contributed by atoms with Crippen LogP contribution < -0.4 is 10.5 Å². The zero-order valence-electron chi connectivity index (χ0n) is 8.52. The zero-order chi connectivity index (χ0) is 11.4. The monoisotopic (exact) mass is 298 g/mol. The maximum absolute atomic E-state index is 5.64. The van der Waals surface area contributed by atoms with Crippen LogP contribution in [0.4, 0.5) is 0 Å². The third kappa shape index (κ3) is 2.81. The van der Waals surface area contributed by atoms with Crippen molar-refractivity contribution in [1.29, 1.82) is 0 Å². The maximum atomic E-state index is 5.64. The molecule has 1 aromatic carbocycles. The third-order valence-corrected chi connectivity index (χ3v) is 3.63. The van der Waals surface area contributed by atoms with Gasteiger partial charge >= 0.3 is 0 Å². The maximum Gasteiger partial charge on any atom is 0.124 e. The standard InChI is InChI=1S/C11H11BrN2OS/c12-11-2-1-9(3-8(11)4-13)15-6-10-5-14-7-16-10/h1-3,5,7H,4,6,13H2. The lowest BCUT2D eigenvalue weighted by atomic mass is 10.2. The Labute approximate surface area is 106 Å². The van der Waals surface area contributed by atoms with Gasteiger partial charge in [-0.3, -0.25) is 4.98 Å². The summed E-state index contributed by atoms with van der Waals surface area (Å²) in [5.74, 6) is 0.831. The van der Waals surface area contributed by atoms with Gasteiger partial charge in [0, 0.05) is 17.2 Å². The Morgan fingerprint density at radius 3 is 3.00 bits per heavy atom. The zero-order valence-corrected chi connectivity index (χ0v) is 10.9. The molecule has 0 aliphatic heterocycles. The molecule has 2 aromatic rings. The second-order valence-corrected chi connectivity index (χ2v) is 5.04. The van der Waals surface area contributed by atoms with Crippen LogP contribution in [0.2, 0.25) is 0 Å². The number of hydrogen-bond donors (Lipinski definition) is 1. The lowest BCUT2D eigenvalue weighted by molar-refractivity contribution is 0.309. The molecule has 3 nitrogen and oxygen atoms in total. The summed E-state index contributed by atoms with van der Waals surface area (Å²) in [7, 11) is 0. The van der Waals surface area contributed by atoms with Crippen molar-refractivity contribution in [2.24, 2.45) is 5.73 Å². The Hall–Kier alpha value is -0.910. The van der Waals surface area contributed by atoms with Gasteiger partial charge in [0.1, 0.15) is 12.4 Å². The molecule has 1 heterocycles. The predicted octanol–water partition coefficient (Wildman–Crippen LogP) is 2.94. The van der Waals surface area contributed by atoms with E-state index in [9.17, 15) is 0 Å². The number of benzene rings is 1. The van der Waals surface area contributed by atoms with Crippen LogP contribution in [0.15, 0.2) is 34.4 Å². The van der Waals surface area contributed by atoms with Gasteiger partial charge in [0.05, 0.1) is 10.4 Å². The largest absolute Gasteiger partial charge is 0.488 e. The fourth-order valence-corrected chi connectivity index (χ4v) is 2.18. The van der Waals surface area contributed by atoms with E-state index in [0.29, 0.717) is 13.2 Å². The van der Waals surface area contributed by atoms with E-state index in [0.717, 1.165) is 20.7 Å². The van der Waals surface area contributed by atoms with Crippen molar-refractivity contribution in [2.45, 2.75) is 13.2 Å². The van der Waals surface area contributed by atoms with Crippen molar-refractivity contribution in [3.8, 4) is 5.75 Å². The Bertz CT molecular complexity index is 459. The van der Waals surface area contributed by atoms with E-state index in [1.54, 1.807) is 16.8 Å². The van der Waals surface area contributed by atoms with Crippen LogP contribution in [-0.4, -0.2) is 4.98 Å². The van der Waals surface area contributed by atoms with Gasteiger partial charge in [0.15, 0.2) is 0 Å². The van der Waals surface area contributed by atoms with Crippen LogP contribution >= 0.6 is 27.3 Å². The highest BCUT2D eigenvalue weighted by atomic mass is 79.9. The van der Waals surface area contributed by atoms with Crippen LogP contribution in [-0.2, 0) is 13.2 Å². The molecule has 0 amide bonds. The summed E-state index contributed by atoms with van der Waals surface area (Å²) in [6, 6.07) is 5.82. The minimum Gasteiger partial charge on any atom is -0.488 e. The smallest absolute Gasteiger partial charge is 0.124 e. The van der Waals surface area contributed by atoms with Crippen molar-refractivity contribution in [3.63, 3.8) is 0 Å². The quantitative estimate of drug-likeness (QED) is 0.944. The molecule has 0 fully saturated rings. The van der Waals surface area contributed by atoms with E-state index in [1.165, 1.54) is 0 Å². The topological polar surface area (TPSA) is 48.1 Å². The molecule has 0 unspecified atom stereocenters. The number of nitrogens with two attached hydrogens (primary N) is 1. The molecule has 0 bridgehead atoms. The Balaban J connectivity index is 2.04. The molecule has 0 saturated carbocycles. The van der Waals surface area contributed by atoms with Crippen molar-refractivity contribution in [2.75, 3.05) is 0 Å². The van der Waals surface area contributed by atoms with Gasteiger partial charge in [-0.1, -0.05) is 15.9 Å². The van der Waals surface area contributed by atoms with Gasteiger partial charge in [-0.15, -0.1) is 11.3 Å². The molecule has 1 aromatic heterocycles. The average molecular weight is 299 g/mol. The van der Waals surface area contributed by atoms with Crippen molar-refractivity contribution >= 4 is 27.3 Å². The normalized spacial score (nSPS) is 10.4. The number of aromatic nitrogens is 1. The summed E-state index contributed by atoms with van der Waals surface area (Å²) in [5, 5.41) is 0. The molecule has 0 aliphatic carbocycles. The van der Waals surface area contributed by atoms with Crippen molar-refractivity contribution in [1.82, 2.24) is 4.98 Å². The Morgan fingerprint density at radius 1 is 1.44 bits per heavy atom. The number of rotatable bonds is 4. The molecule has 0 radical (unpaired) electrons. The van der Waals surface area contributed by atoms with E-state index in [2.05, 4.69) is 20.9 Å².